The largest absolute Gasteiger partial charge is 0.309 e. The van der Waals surface area contributed by atoms with E-state index in [1.807, 2.05) is 11.3 Å². The molecule has 65 heavy (non-hydrogen) atoms. The summed E-state index contributed by atoms with van der Waals surface area (Å²) in [7, 11) is 0. The van der Waals surface area contributed by atoms with Gasteiger partial charge in [-0.2, -0.15) is 0 Å². The van der Waals surface area contributed by atoms with Crippen LogP contribution in [0.4, 0.5) is 0 Å². The molecular weight excluding hydrogens is 811 g/mol. The van der Waals surface area contributed by atoms with Crippen LogP contribution >= 0.6 is 11.3 Å². The molecule has 0 unspecified atom stereocenters. The Morgan fingerprint density at radius 2 is 0.877 bits per heavy atom. The molecule has 0 fully saturated rings. The van der Waals surface area contributed by atoms with E-state index in [0.29, 0.717) is 17.5 Å². The van der Waals surface area contributed by atoms with Gasteiger partial charge in [0.25, 0.3) is 0 Å². The summed E-state index contributed by atoms with van der Waals surface area (Å²) in [6, 6.07) is 76.1. The maximum atomic E-state index is 5.63. The fourth-order valence-electron chi connectivity index (χ4n) is 10.3. The monoisotopic (exact) mass is 845 g/mol. The van der Waals surface area contributed by atoms with Gasteiger partial charge in [0, 0.05) is 64.1 Å². The molecular formula is C59H35N5S. The van der Waals surface area contributed by atoms with Gasteiger partial charge in [0.1, 0.15) is 0 Å². The third-order valence-electron chi connectivity index (χ3n) is 13.1. The van der Waals surface area contributed by atoms with Crippen LogP contribution in [0, 0.1) is 0 Å². The molecule has 0 saturated carbocycles. The fourth-order valence-corrected chi connectivity index (χ4v) is 11.4. The lowest BCUT2D eigenvalue weighted by molar-refractivity contribution is 1.07. The van der Waals surface area contributed by atoms with Gasteiger partial charge in [-0.25, -0.2) is 15.0 Å². The van der Waals surface area contributed by atoms with Crippen LogP contribution in [0.5, 0.6) is 0 Å². The molecule has 14 aromatic rings. The van der Waals surface area contributed by atoms with E-state index in [0.717, 1.165) is 71.7 Å². The molecule has 0 radical (unpaired) electrons. The lowest BCUT2D eigenvalue weighted by atomic mass is 10.0. The minimum atomic E-state index is 0.612. The van der Waals surface area contributed by atoms with Crippen LogP contribution in [0.1, 0.15) is 0 Å². The van der Waals surface area contributed by atoms with Crippen molar-refractivity contribution in [2.24, 2.45) is 0 Å². The maximum Gasteiger partial charge on any atom is 0.166 e. The third-order valence-corrected chi connectivity index (χ3v) is 14.3. The van der Waals surface area contributed by atoms with Gasteiger partial charge in [0.2, 0.25) is 0 Å². The minimum absolute atomic E-state index is 0.612. The van der Waals surface area contributed by atoms with Crippen LogP contribution in [0.3, 0.4) is 0 Å². The maximum absolute atomic E-state index is 5.63. The Kier molecular flexibility index (Phi) is 7.79. The van der Waals surface area contributed by atoms with Crippen LogP contribution in [0.2, 0.25) is 0 Å². The van der Waals surface area contributed by atoms with Crippen molar-refractivity contribution in [1.82, 2.24) is 24.1 Å². The van der Waals surface area contributed by atoms with E-state index in [1.165, 1.54) is 41.7 Å². The summed E-state index contributed by atoms with van der Waals surface area (Å²) in [5, 5.41) is 11.7. The molecule has 4 aromatic heterocycles. The van der Waals surface area contributed by atoms with E-state index in [9.17, 15) is 0 Å². The molecule has 0 aliphatic rings. The SMILES string of the molecule is c1ccc(-n2c3ccccc3c3c(-c4nc(-c5cc6c(cc5-n5c7ccccc7c7cc8ccccc8cc75)sc5ccccc56)nc(-c5cccc6ccccc56)n4)cccc32)cc1. The van der Waals surface area contributed by atoms with Gasteiger partial charge in [0.15, 0.2) is 17.5 Å². The van der Waals surface area contributed by atoms with E-state index in [4.69, 9.17) is 15.0 Å². The molecule has 0 bridgehead atoms. The molecule has 0 saturated heterocycles. The first-order valence-electron chi connectivity index (χ1n) is 21.9. The predicted molar refractivity (Wildman–Crippen MR) is 273 cm³/mol. The number of hydrogen-bond acceptors (Lipinski definition) is 4. The zero-order valence-electron chi connectivity index (χ0n) is 34.9. The summed E-state index contributed by atoms with van der Waals surface area (Å²) in [6.07, 6.45) is 0. The van der Waals surface area contributed by atoms with Gasteiger partial charge in [-0.15, -0.1) is 11.3 Å². The van der Waals surface area contributed by atoms with Crippen molar-refractivity contribution in [3.05, 3.63) is 212 Å². The van der Waals surface area contributed by atoms with Crippen molar-refractivity contribution in [2.45, 2.75) is 0 Å². The molecule has 10 aromatic carbocycles. The molecule has 14 rings (SSSR count). The summed E-state index contributed by atoms with van der Waals surface area (Å²) < 4.78 is 7.24. The number of hydrogen-bond donors (Lipinski definition) is 0. The highest BCUT2D eigenvalue weighted by Crippen LogP contribution is 2.44. The van der Waals surface area contributed by atoms with E-state index in [2.05, 4.69) is 221 Å². The van der Waals surface area contributed by atoms with Crippen molar-refractivity contribution in [3.63, 3.8) is 0 Å². The Morgan fingerprint density at radius 3 is 1.69 bits per heavy atom. The lowest BCUT2D eigenvalue weighted by Gasteiger charge is -2.16. The van der Waals surface area contributed by atoms with Crippen LogP contribution in [-0.2, 0) is 0 Å². The van der Waals surface area contributed by atoms with Crippen LogP contribution in [0.15, 0.2) is 212 Å². The number of para-hydroxylation sites is 3. The Morgan fingerprint density at radius 1 is 0.308 bits per heavy atom. The lowest BCUT2D eigenvalue weighted by Crippen LogP contribution is -2.04. The van der Waals surface area contributed by atoms with E-state index in [-0.39, 0.29) is 0 Å². The summed E-state index contributed by atoms with van der Waals surface area (Å²) >= 11 is 1.83. The van der Waals surface area contributed by atoms with Crippen LogP contribution < -0.4 is 0 Å². The number of aromatic nitrogens is 5. The summed E-state index contributed by atoms with van der Waals surface area (Å²) in [6.45, 7) is 0. The van der Waals surface area contributed by atoms with Crippen molar-refractivity contribution in [2.75, 3.05) is 0 Å². The van der Waals surface area contributed by atoms with Gasteiger partial charge in [-0.3, -0.25) is 0 Å². The molecule has 4 heterocycles. The van der Waals surface area contributed by atoms with Crippen molar-refractivity contribution in [1.29, 1.82) is 0 Å². The number of fused-ring (bicyclic) bond motifs is 11. The summed E-state index contributed by atoms with van der Waals surface area (Å²) in [5.41, 5.74) is 9.43. The first kappa shape index (κ1) is 36.1. The number of thiophene rings is 1. The molecule has 0 spiro atoms. The van der Waals surface area contributed by atoms with E-state index < -0.39 is 0 Å². The fraction of sp³-hybridized carbons (Fsp3) is 0. The minimum Gasteiger partial charge on any atom is -0.309 e. The van der Waals surface area contributed by atoms with Gasteiger partial charge in [-0.05, 0) is 82.2 Å². The second-order valence-corrected chi connectivity index (χ2v) is 17.8. The Bertz CT molecular complexity index is 4250. The van der Waals surface area contributed by atoms with Gasteiger partial charge >= 0.3 is 0 Å². The number of benzene rings is 10. The second kappa shape index (κ2) is 14.0. The van der Waals surface area contributed by atoms with Crippen molar-refractivity contribution >= 4 is 96.7 Å². The smallest absolute Gasteiger partial charge is 0.166 e. The van der Waals surface area contributed by atoms with E-state index >= 15 is 0 Å². The van der Waals surface area contributed by atoms with Gasteiger partial charge in [0.05, 0.1) is 27.8 Å². The van der Waals surface area contributed by atoms with Crippen LogP contribution in [0.25, 0.3) is 131 Å². The third kappa shape index (κ3) is 5.48. The summed E-state index contributed by atoms with van der Waals surface area (Å²) in [4.78, 5) is 16.7. The molecule has 6 heteroatoms. The Balaban J connectivity index is 1.13. The van der Waals surface area contributed by atoms with E-state index in [1.54, 1.807) is 0 Å². The Hall–Kier alpha value is -8.45. The molecule has 5 nitrogen and oxygen atoms in total. The van der Waals surface area contributed by atoms with Gasteiger partial charge in [-0.1, -0.05) is 152 Å². The second-order valence-electron chi connectivity index (χ2n) is 16.8. The summed E-state index contributed by atoms with van der Waals surface area (Å²) in [5.74, 6) is 1.86. The zero-order valence-corrected chi connectivity index (χ0v) is 35.7. The first-order valence-corrected chi connectivity index (χ1v) is 22.8. The average Bonchev–Trinajstić information content (AvgIpc) is 4.02. The first-order chi connectivity index (χ1) is 32.2. The highest BCUT2D eigenvalue weighted by Gasteiger charge is 2.24. The topological polar surface area (TPSA) is 48.5 Å². The number of rotatable bonds is 5. The van der Waals surface area contributed by atoms with Crippen molar-refractivity contribution < 1.29 is 0 Å². The molecule has 0 amide bonds. The standard InChI is InChI=1S/C59H35N5S/c1-2-20-39(21-3-1)63-50-29-12-9-25-44(50)56-45(27-15-30-51(56)63)58-60-57(43-26-14-19-36-16-6-7-22-40(36)43)61-59(62-58)48-34-47-42-24-10-13-31-54(42)65-55(47)35-53(48)64-49-28-11-8-23-41(49)46-32-37-17-4-5-18-38(37)33-52(46)64/h1-35H. The van der Waals surface area contributed by atoms with Gasteiger partial charge < -0.3 is 9.13 Å². The predicted octanol–water partition coefficient (Wildman–Crippen LogP) is 15.7. The molecule has 0 aliphatic carbocycles. The van der Waals surface area contributed by atoms with Crippen LogP contribution in [-0.4, -0.2) is 24.1 Å². The Labute approximate surface area is 376 Å². The molecule has 0 atom stereocenters. The quantitative estimate of drug-likeness (QED) is 0.173. The average molecular weight is 846 g/mol. The molecule has 302 valence electrons. The number of nitrogens with zero attached hydrogens (tertiary/aromatic N) is 5. The normalized spacial score (nSPS) is 12.0. The molecule has 0 aliphatic heterocycles. The highest BCUT2D eigenvalue weighted by atomic mass is 32.1. The highest BCUT2D eigenvalue weighted by molar-refractivity contribution is 7.25. The molecule has 0 N–H and O–H groups in total. The van der Waals surface area contributed by atoms with Crippen molar-refractivity contribution in [3.8, 4) is 45.5 Å². The zero-order chi connectivity index (χ0) is 42.6.